The highest BCUT2D eigenvalue weighted by atomic mass is 35.5. The summed E-state index contributed by atoms with van der Waals surface area (Å²) in [7, 11) is 2.81. The van der Waals surface area contributed by atoms with E-state index >= 15 is 0 Å². The van der Waals surface area contributed by atoms with E-state index in [0.717, 1.165) is 0 Å². The molecular formula is C11H19BClNSi. The predicted octanol–water partition coefficient (Wildman–Crippen LogP) is 1.73. The highest BCUT2D eigenvalue weighted by Gasteiger charge is 2.19. The zero-order valence-electron chi connectivity index (χ0n) is 10.2. The van der Waals surface area contributed by atoms with E-state index < -0.39 is 8.07 Å². The van der Waals surface area contributed by atoms with E-state index in [1.807, 2.05) is 18.9 Å². The number of benzene rings is 1. The monoisotopic (exact) mass is 239 g/mol. The minimum Gasteiger partial charge on any atom is -0.330 e. The fraction of sp³-hybridized carbons (Fsp3) is 0.455. The molecule has 4 heteroatoms. The number of hydrogen-bond acceptors (Lipinski definition) is 1. The maximum absolute atomic E-state index is 6.24. The first-order valence-electron chi connectivity index (χ1n) is 5.23. The molecule has 0 saturated carbocycles. The second kappa shape index (κ2) is 4.73. The molecule has 1 rings (SSSR count). The summed E-state index contributed by atoms with van der Waals surface area (Å²) in [5, 5.41) is 1.48. The molecule has 0 atom stereocenters. The molecule has 0 aliphatic heterocycles. The number of hydrogen-bond donors (Lipinski definition) is 0. The van der Waals surface area contributed by atoms with Gasteiger partial charge in [0.25, 0.3) is 0 Å². The molecule has 82 valence electrons. The molecular weight excluding hydrogens is 220 g/mol. The van der Waals surface area contributed by atoms with Crippen molar-refractivity contribution in [3.05, 3.63) is 24.3 Å². The van der Waals surface area contributed by atoms with Crippen molar-refractivity contribution in [1.82, 2.24) is 4.81 Å². The maximum atomic E-state index is 6.24. The largest absolute Gasteiger partial charge is 0.364 e. The van der Waals surface area contributed by atoms with Gasteiger partial charge in [0.05, 0.1) is 8.07 Å². The standard InChI is InChI=1S/C11H19BClNSi/c1-14(2)12(13)10-6-8-11(9-7-10)15(3,4)5/h6-9H,1-5H3. The Morgan fingerprint density at radius 2 is 1.53 bits per heavy atom. The van der Waals surface area contributed by atoms with Crippen LogP contribution in [-0.4, -0.2) is 33.2 Å². The quantitative estimate of drug-likeness (QED) is 0.726. The highest BCUT2D eigenvalue weighted by molar-refractivity contribution is 7.12. The Kier molecular flexibility index (Phi) is 4.04. The van der Waals surface area contributed by atoms with Crippen LogP contribution in [0, 0.1) is 0 Å². The molecule has 0 spiro atoms. The molecule has 0 radical (unpaired) electrons. The van der Waals surface area contributed by atoms with Crippen LogP contribution in [0.1, 0.15) is 0 Å². The zero-order chi connectivity index (χ0) is 11.6. The minimum absolute atomic E-state index is 0.0271. The van der Waals surface area contributed by atoms with Gasteiger partial charge >= 0.3 is 6.26 Å². The lowest BCUT2D eigenvalue weighted by molar-refractivity contribution is 0.663. The van der Waals surface area contributed by atoms with Crippen LogP contribution in [0.25, 0.3) is 0 Å². The fourth-order valence-corrected chi connectivity index (χ4v) is 2.75. The number of nitrogens with zero attached hydrogens (tertiary/aromatic N) is 1. The topological polar surface area (TPSA) is 3.24 Å². The van der Waals surface area contributed by atoms with Crippen LogP contribution >= 0.6 is 11.5 Å². The van der Waals surface area contributed by atoms with Gasteiger partial charge in [-0.2, -0.15) is 11.5 Å². The summed E-state index contributed by atoms with van der Waals surface area (Å²) in [6.07, 6.45) is -0.0271. The first-order valence-corrected chi connectivity index (χ1v) is 9.17. The molecule has 1 aromatic carbocycles. The average Bonchev–Trinajstić information content (AvgIpc) is 2.15. The van der Waals surface area contributed by atoms with Crippen LogP contribution in [0.2, 0.25) is 19.6 Å². The van der Waals surface area contributed by atoms with Crippen molar-refractivity contribution in [2.45, 2.75) is 19.6 Å². The van der Waals surface area contributed by atoms with E-state index in [0.29, 0.717) is 0 Å². The molecule has 0 aromatic heterocycles. The Hall–Kier alpha value is -0.248. The van der Waals surface area contributed by atoms with Crippen molar-refractivity contribution in [2.24, 2.45) is 0 Å². The number of halogens is 1. The molecule has 0 N–H and O–H groups in total. The molecule has 1 aromatic rings. The Morgan fingerprint density at radius 1 is 1.07 bits per heavy atom. The summed E-state index contributed by atoms with van der Waals surface area (Å²) >= 11 is 6.24. The lowest BCUT2D eigenvalue weighted by Crippen LogP contribution is -2.42. The third-order valence-electron chi connectivity index (χ3n) is 2.51. The first kappa shape index (κ1) is 12.8. The Bertz CT molecular complexity index is 318. The van der Waals surface area contributed by atoms with Gasteiger partial charge in [0, 0.05) is 0 Å². The van der Waals surface area contributed by atoms with Crippen molar-refractivity contribution >= 4 is 36.4 Å². The maximum Gasteiger partial charge on any atom is 0.364 e. The van der Waals surface area contributed by atoms with Gasteiger partial charge in [0.1, 0.15) is 0 Å². The molecule has 1 nitrogen and oxygen atoms in total. The van der Waals surface area contributed by atoms with Crippen molar-refractivity contribution < 1.29 is 0 Å². The summed E-state index contributed by atoms with van der Waals surface area (Å²) in [6, 6.07) is 8.73. The van der Waals surface area contributed by atoms with Gasteiger partial charge in [-0.3, -0.25) is 0 Å². The lowest BCUT2D eigenvalue weighted by Gasteiger charge is -2.18. The summed E-state index contributed by atoms with van der Waals surface area (Å²) in [6.45, 7) is 7.06. The van der Waals surface area contributed by atoms with Gasteiger partial charge < -0.3 is 4.81 Å². The van der Waals surface area contributed by atoms with E-state index in [-0.39, 0.29) is 6.26 Å². The average molecular weight is 240 g/mol. The summed E-state index contributed by atoms with van der Waals surface area (Å²) in [5.41, 5.74) is 1.17. The first-order chi connectivity index (χ1) is 6.82. The highest BCUT2D eigenvalue weighted by Crippen LogP contribution is 2.02. The van der Waals surface area contributed by atoms with E-state index in [1.165, 1.54) is 10.6 Å². The molecule has 15 heavy (non-hydrogen) atoms. The van der Waals surface area contributed by atoms with Gasteiger partial charge in [0.15, 0.2) is 0 Å². The van der Waals surface area contributed by atoms with Crippen LogP contribution in [0.5, 0.6) is 0 Å². The van der Waals surface area contributed by atoms with Gasteiger partial charge in [-0.15, -0.1) is 0 Å². The predicted molar refractivity (Wildman–Crippen MR) is 74.4 cm³/mol. The van der Waals surface area contributed by atoms with E-state index in [2.05, 4.69) is 43.9 Å². The smallest absolute Gasteiger partial charge is 0.330 e. The van der Waals surface area contributed by atoms with Crippen molar-refractivity contribution in [3.8, 4) is 0 Å². The fourth-order valence-electron chi connectivity index (χ4n) is 1.44. The SMILES string of the molecule is CN(C)B(Cl)c1ccc([Si](C)(C)C)cc1. The third kappa shape index (κ3) is 3.37. The van der Waals surface area contributed by atoms with Crippen LogP contribution in [0.4, 0.5) is 0 Å². The van der Waals surface area contributed by atoms with Crippen molar-refractivity contribution in [2.75, 3.05) is 14.1 Å². The zero-order valence-corrected chi connectivity index (χ0v) is 12.0. The van der Waals surface area contributed by atoms with Crippen molar-refractivity contribution in [1.29, 1.82) is 0 Å². The van der Waals surface area contributed by atoms with E-state index in [9.17, 15) is 0 Å². The summed E-state index contributed by atoms with van der Waals surface area (Å²) < 4.78 is 0. The van der Waals surface area contributed by atoms with Crippen LogP contribution in [0.15, 0.2) is 24.3 Å². The molecule has 0 saturated heterocycles. The summed E-state index contributed by atoms with van der Waals surface area (Å²) in [4.78, 5) is 2.01. The van der Waals surface area contributed by atoms with Gasteiger partial charge in [0.2, 0.25) is 0 Å². The molecule has 0 aliphatic carbocycles. The molecule has 0 unspecified atom stereocenters. The summed E-state index contributed by atoms with van der Waals surface area (Å²) in [5.74, 6) is 0. The number of rotatable bonds is 3. The minimum atomic E-state index is -1.17. The van der Waals surface area contributed by atoms with E-state index in [4.69, 9.17) is 11.5 Å². The van der Waals surface area contributed by atoms with E-state index in [1.54, 1.807) is 0 Å². The van der Waals surface area contributed by atoms with Crippen LogP contribution in [0.3, 0.4) is 0 Å². The van der Waals surface area contributed by atoms with Crippen LogP contribution < -0.4 is 10.6 Å². The molecule has 0 bridgehead atoms. The molecule has 0 heterocycles. The van der Waals surface area contributed by atoms with Gasteiger partial charge in [-0.25, -0.2) is 0 Å². The van der Waals surface area contributed by atoms with Gasteiger partial charge in [-0.05, 0) is 19.6 Å². The van der Waals surface area contributed by atoms with Crippen LogP contribution in [-0.2, 0) is 0 Å². The molecule has 0 fully saturated rings. The molecule has 0 aliphatic rings. The second-order valence-corrected chi connectivity index (χ2v) is 10.7. The lowest BCUT2D eigenvalue weighted by atomic mass is 9.79. The van der Waals surface area contributed by atoms with Crippen molar-refractivity contribution in [3.63, 3.8) is 0 Å². The molecule has 0 amide bonds. The van der Waals surface area contributed by atoms with Gasteiger partial charge in [-0.1, -0.05) is 49.1 Å². The second-order valence-electron chi connectivity index (χ2n) is 5.17. The third-order valence-corrected chi connectivity index (χ3v) is 5.21. The normalized spacial score (nSPS) is 11.9. The Labute approximate surface area is 99.5 Å². The Balaban J connectivity index is 2.91. The Morgan fingerprint density at radius 3 is 1.87 bits per heavy atom.